The van der Waals surface area contributed by atoms with Crippen molar-refractivity contribution in [3.05, 3.63) is 41.9 Å². The number of aromatic nitrogens is 1. The van der Waals surface area contributed by atoms with Crippen LogP contribution in [0.15, 0.2) is 36.2 Å². The molecular formula is C11H12N2O2. The Balaban J connectivity index is 2.14. The summed E-state index contributed by atoms with van der Waals surface area (Å²) in [6, 6.07) is 5.63. The largest absolute Gasteiger partial charge is 0.461 e. The molecule has 4 nitrogen and oxygen atoms in total. The number of carbonyl (C=O) groups is 1. The van der Waals surface area contributed by atoms with Gasteiger partial charge < -0.3 is 10.5 Å². The van der Waals surface area contributed by atoms with Gasteiger partial charge in [-0.25, -0.2) is 0 Å². The Kier molecular flexibility index (Phi) is 2.67. The van der Waals surface area contributed by atoms with Gasteiger partial charge in [0.1, 0.15) is 6.61 Å². The number of hydrogen-bond donors (Lipinski definition) is 1. The molecular weight excluding hydrogens is 192 g/mol. The van der Waals surface area contributed by atoms with Crippen LogP contribution < -0.4 is 5.73 Å². The minimum atomic E-state index is -0.259. The number of esters is 1. The smallest absolute Gasteiger partial charge is 0.313 e. The quantitative estimate of drug-likeness (QED) is 0.718. The zero-order chi connectivity index (χ0) is 10.7. The molecule has 15 heavy (non-hydrogen) atoms. The Bertz CT molecular complexity index is 387. The number of pyridine rings is 1. The lowest BCUT2D eigenvalue weighted by Gasteiger charge is -2.05. The molecule has 1 fully saturated rings. The topological polar surface area (TPSA) is 65.2 Å². The molecule has 1 aromatic rings. The molecule has 2 heterocycles. The molecule has 4 heteroatoms. The van der Waals surface area contributed by atoms with Gasteiger partial charge in [0, 0.05) is 18.3 Å². The van der Waals surface area contributed by atoms with Crippen LogP contribution in [0, 0.1) is 5.92 Å². The number of ether oxygens (including phenoxy) is 1. The van der Waals surface area contributed by atoms with Gasteiger partial charge in [-0.3, -0.25) is 9.78 Å². The van der Waals surface area contributed by atoms with Crippen LogP contribution in [-0.2, 0) is 16.0 Å². The van der Waals surface area contributed by atoms with Crippen LogP contribution in [0.2, 0.25) is 0 Å². The minimum absolute atomic E-state index is 0.211. The van der Waals surface area contributed by atoms with E-state index in [9.17, 15) is 4.79 Å². The van der Waals surface area contributed by atoms with Crippen LogP contribution >= 0.6 is 0 Å². The Hall–Kier alpha value is -1.84. The zero-order valence-corrected chi connectivity index (χ0v) is 8.22. The molecule has 1 aliphatic heterocycles. The van der Waals surface area contributed by atoms with Crippen molar-refractivity contribution in [2.45, 2.75) is 6.42 Å². The fourth-order valence-electron chi connectivity index (χ4n) is 1.61. The molecule has 0 aliphatic carbocycles. The highest BCUT2D eigenvalue weighted by molar-refractivity contribution is 5.79. The first-order valence-corrected chi connectivity index (χ1v) is 4.78. The molecule has 0 amide bonds. The average molecular weight is 204 g/mol. The van der Waals surface area contributed by atoms with Crippen LogP contribution in [0.3, 0.4) is 0 Å². The van der Waals surface area contributed by atoms with Crippen LogP contribution in [0.5, 0.6) is 0 Å². The first kappa shape index (κ1) is 9.71. The van der Waals surface area contributed by atoms with Gasteiger partial charge in [0.2, 0.25) is 0 Å². The summed E-state index contributed by atoms with van der Waals surface area (Å²) in [6.45, 7) is 0.312. The van der Waals surface area contributed by atoms with Crippen molar-refractivity contribution in [2.75, 3.05) is 6.61 Å². The Morgan fingerprint density at radius 1 is 1.60 bits per heavy atom. The van der Waals surface area contributed by atoms with Crippen molar-refractivity contribution in [2.24, 2.45) is 11.7 Å². The molecule has 1 saturated heterocycles. The predicted octanol–water partition coefficient (Wildman–Crippen LogP) is 0.640. The van der Waals surface area contributed by atoms with Gasteiger partial charge in [-0.1, -0.05) is 6.07 Å². The SMILES string of the molecule is NC=C1COC(=O)C1Cc1ccccn1. The first-order valence-electron chi connectivity index (χ1n) is 4.78. The molecule has 1 unspecified atom stereocenters. The zero-order valence-electron chi connectivity index (χ0n) is 8.22. The van der Waals surface area contributed by atoms with Crippen molar-refractivity contribution in [3.8, 4) is 0 Å². The summed E-state index contributed by atoms with van der Waals surface area (Å²) in [5, 5.41) is 0. The molecule has 0 radical (unpaired) electrons. The molecule has 78 valence electrons. The van der Waals surface area contributed by atoms with E-state index in [0.717, 1.165) is 11.3 Å². The lowest BCUT2D eigenvalue weighted by Crippen LogP contribution is -2.13. The van der Waals surface area contributed by atoms with Crippen molar-refractivity contribution in [3.63, 3.8) is 0 Å². The Labute approximate surface area is 87.8 Å². The number of nitrogens with zero attached hydrogens (tertiary/aromatic N) is 1. The first-order chi connectivity index (χ1) is 7.31. The lowest BCUT2D eigenvalue weighted by molar-refractivity contribution is -0.141. The highest BCUT2D eigenvalue weighted by atomic mass is 16.5. The second-order valence-corrected chi connectivity index (χ2v) is 3.43. The fourth-order valence-corrected chi connectivity index (χ4v) is 1.61. The number of rotatable bonds is 2. The number of hydrogen-bond acceptors (Lipinski definition) is 4. The van der Waals surface area contributed by atoms with Crippen LogP contribution in [-0.4, -0.2) is 17.6 Å². The Morgan fingerprint density at radius 3 is 3.13 bits per heavy atom. The minimum Gasteiger partial charge on any atom is -0.461 e. The van der Waals surface area contributed by atoms with Crippen molar-refractivity contribution >= 4 is 5.97 Å². The van der Waals surface area contributed by atoms with Crippen LogP contribution in [0.4, 0.5) is 0 Å². The molecule has 0 saturated carbocycles. The van der Waals surface area contributed by atoms with Gasteiger partial charge in [-0.15, -0.1) is 0 Å². The van der Waals surface area contributed by atoms with E-state index in [0.29, 0.717) is 13.0 Å². The van der Waals surface area contributed by atoms with E-state index in [1.165, 1.54) is 6.20 Å². The summed E-state index contributed by atoms with van der Waals surface area (Å²) >= 11 is 0. The molecule has 1 aliphatic rings. The van der Waals surface area contributed by atoms with Crippen molar-refractivity contribution in [1.82, 2.24) is 4.98 Å². The summed E-state index contributed by atoms with van der Waals surface area (Å²) in [6.07, 6.45) is 3.72. The molecule has 0 bridgehead atoms. The van der Waals surface area contributed by atoms with Crippen molar-refractivity contribution in [1.29, 1.82) is 0 Å². The highest BCUT2D eigenvalue weighted by Crippen LogP contribution is 2.23. The standard InChI is InChI=1S/C11H12N2O2/c12-6-8-7-15-11(14)10(8)5-9-3-1-2-4-13-9/h1-4,6,10H,5,7,12H2. The van der Waals surface area contributed by atoms with E-state index in [1.54, 1.807) is 6.20 Å². The number of nitrogens with two attached hydrogens (primary N) is 1. The molecule has 1 aromatic heterocycles. The van der Waals surface area contributed by atoms with E-state index in [-0.39, 0.29) is 11.9 Å². The third kappa shape index (κ3) is 1.98. The maximum atomic E-state index is 11.4. The maximum Gasteiger partial charge on any atom is 0.313 e. The lowest BCUT2D eigenvalue weighted by atomic mass is 9.97. The molecule has 2 N–H and O–H groups in total. The summed E-state index contributed by atoms with van der Waals surface area (Å²) in [7, 11) is 0. The number of cyclic esters (lactones) is 1. The van der Waals surface area contributed by atoms with Crippen LogP contribution in [0.25, 0.3) is 0 Å². The maximum absolute atomic E-state index is 11.4. The summed E-state index contributed by atoms with van der Waals surface area (Å²) in [5.74, 6) is -0.470. The van der Waals surface area contributed by atoms with Gasteiger partial charge in [-0.05, 0) is 23.9 Å². The van der Waals surface area contributed by atoms with E-state index in [4.69, 9.17) is 10.5 Å². The normalized spacial score (nSPS) is 23.1. The monoisotopic (exact) mass is 204 g/mol. The van der Waals surface area contributed by atoms with E-state index < -0.39 is 0 Å². The number of carbonyl (C=O) groups excluding carboxylic acids is 1. The van der Waals surface area contributed by atoms with E-state index >= 15 is 0 Å². The summed E-state index contributed by atoms with van der Waals surface area (Å²) in [5.41, 5.74) is 7.14. The van der Waals surface area contributed by atoms with E-state index in [2.05, 4.69) is 4.98 Å². The summed E-state index contributed by atoms with van der Waals surface area (Å²) in [4.78, 5) is 15.6. The second kappa shape index (κ2) is 4.13. The van der Waals surface area contributed by atoms with Gasteiger partial charge in [0.25, 0.3) is 0 Å². The van der Waals surface area contributed by atoms with Gasteiger partial charge in [0.15, 0.2) is 0 Å². The molecule has 1 atom stereocenters. The second-order valence-electron chi connectivity index (χ2n) is 3.43. The molecule has 0 aromatic carbocycles. The van der Waals surface area contributed by atoms with Crippen molar-refractivity contribution < 1.29 is 9.53 Å². The van der Waals surface area contributed by atoms with Gasteiger partial charge in [-0.2, -0.15) is 0 Å². The molecule has 0 spiro atoms. The molecule has 2 rings (SSSR count). The third-order valence-corrected chi connectivity index (χ3v) is 2.47. The fraction of sp³-hybridized carbons (Fsp3) is 0.273. The average Bonchev–Trinajstić information content (AvgIpc) is 2.62. The Morgan fingerprint density at radius 2 is 2.47 bits per heavy atom. The van der Waals surface area contributed by atoms with E-state index in [1.807, 2.05) is 18.2 Å². The third-order valence-electron chi connectivity index (χ3n) is 2.47. The van der Waals surface area contributed by atoms with Crippen LogP contribution in [0.1, 0.15) is 5.69 Å². The van der Waals surface area contributed by atoms with Gasteiger partial charge >= 0.3 is 5.97 Å². The highest BCUT2D eigenvalue weighted by Gasteiger charge is 2.31. The summed E-state index contributed by atoms with van der Waals surface area (Å²) < 4.78 is 4.93. The predicted molar refractivity (Wildman–Crippen MR) is 54.7 cm³/mol. The van der Waals surface area contributed by atoms with Gasteiger partial charge in [0.05, 0.1) is 5.92 Å².